The van der Waals surface area contributed by atoms with E-state index >= 15 is 0 Å². The van der Waals surface area contributed by atoms with Crippen LogP contribution in [0.3, 0.4) is 0 Å². The monoisotopic (exact) mass is 378 g/mol. The van der Waals surface area contributed by atoms with Crippen molar-refractivity contribution in [2.24, 2.45) is 5.92 Å². The van der Waals surface area contributed by atoms with Gasteiger partial charge in [0.1, 0.15) is 6.61 Å². The molecule has 1 amide bonds. The maximum absolute atomic E-state index is 12.4. The Hall–Kier alpha value is -2.82. The van der Waals surface area contributed by atoms with Gasteiger partial charge < -0.3 is 20.0 Å². The van der Waals surface area contributed by atoms with E-state index in [0.29, 0.717) is 0 Å². The van der Waals surface area contributed by atoms with Crippen LogP contribution in [0.2, 0.25) is 0 Å². The van der Waals surface area contributed by atoms with Gasteiger partial charge in [0.25, 0.3) is 0 Å². The second-order valence-corrected chi connectivity index (χ2v) is 7.66. The number of benzene rings is 2. The van der Waals surface area contributed by atoms with Crippen LogP contribution >= 0.6 is 0 Å². The highest BCUT2D eigenvalue weighted by Crippen LogP contribution is 2.44. The summed E-state index contributed by atoms with van der Waals surface area (Å²) in [5.74, 6) is -1.37. The van der Waals surface area contributed by atoms with Crippen LogP contribution in [0.15, 0.2) is 48.5 Å². The van der Waals surface area contributed by atoms with Gasteiger partial charge in [-0.1, -0.05) is 67.8 Å². The summed E-state index contributed by atoms with van der Waals surface area (Å²) in [6.45, 7) is 0.171. The first-order valence-corrected chi connectivity index (χ1v) is 9.97. The van der Waals surface area contributed by atoms with Crippen LogP contribution in [0.1, 0.15) is 49.1 Å². The molecule has 146 valence electrons. The van der Waals surface area contributed by atoms with Crippen molar-refractivity contribution >= 4 is 12.1 Å². The number of amides is 1. The van der Waals surface area contributed by atoms with Crippen molar-refractivity contribution in [3.8, 4) is 11.1 Å². The molecule has 2 aliphatic carbocycles. The Balaban J connectivity index is 1.44. The Kier molecular flexibility index (Phi) is 5.33. The standard InChI is InChI=1S/C23H25NO4/c25-22(26)21(15-8-2-1-3-9-15)24-23(27)28-14-20-18-12-6-4-10-16(18)17-11-5-7-13-19(17)20/h4-7,10-13,15,20-21H,1-3,8-9,14H2,(H,24,27)(H,25,26)/p-1/t21-/m1/s1. The number of hydrogen-bond donors (Lipinski definition) is 1. The van der Waals surface area contributed by atoms with Crippen molar-refractivity contribution in [3.63, 3.8) is 0 Å². The van der Waals surface area contributed by atoms with Gasteiger partial charge in [-0.2, -0.15) is 0 Å². The van der Waals surface area contributed by atoms with Crippen LogP contribution in [-0.2, 0) is 9.53 Å². The Morgan fingerprint density at radius 1 is 0.964 bits per heavy atom. The van der Waals surface area contributed by atoms with E-state index in [2.05, 4.69) is 17.4 Å². The van der Waals surface area contributed by atoms with Crippen molar-refractivity contribution in [3.05, 3.63) is 59.7 Å². The summed E-state index contributed by atoms with van der Waals surface area (Å²) in [5.41, 5.74) is 4.56. The summed E-state index contributed by atoms with van der Waals surface area (Å²) in [7, 11) is 0. The van der Waals surface area contributed by atoms with Crippen molar-refractivity contribution in [2.75, 3.05) is 6.61 Å². The molecule has 0 bridgehead atoms. The lowest BCUT2D eigenvalue weighted by Gasteiger charge is -2.31. The SMILES string of the molecule is O=C(N[C@@H](C(=O)[O-])C1CCCCC1)OCC1c2ccccc2-c2ccccc21. The summed E-state index contributed by atoms with van der Waals surface area (Å²) in [5, 5.41) is 14.1. The minimum absolute atomic E-state index is 0.0470. The van der Waals surface area contributed by atoms with Crippen LogP contribution in [0, 0.1) is 5.92 Å². The molecule has 5 heteroatoms. The lowest BCUT2D eigenvalue weighted by Crippen LogP contribution is -2.52. The molecule has 1 atom stereocenters. The molecule has 2 aliphatic rings. The first-order chi connectivity index (χ1) is 13.6. The van der Waals surface area contributed by atoms with Gasteiger partial charge in [0.15, 0.2) is 0 Å². The molecule has 5 nitrogen and oxygen atoms in total. The van der Waals surface area contributed by atoms with E-state index < -0.39 is 18.1 Å². The van der Waals surface area contributed by atoms with Crippen molar-refractivity contribution in [1.82, 2.24) is 5.32 Å². The molecule has 0 unspecified atom stereocenters. The van der Waals surface area contributed by atoms with E-state index in [-0.39, 0.29) is 18.4 Å². The normalized spacial score (nSPS) is 17.4. The third-order valence-electron chi connectivity index (χ3n) is 5.99. The molecule has 0 saturated heterocycles. The predicted octanol–water partition coefficient (Wildman–Crippen LogP) is 3.22. The van der Waals surface area contributed by atoms with Gasteiger partial charge >= 0.3 is 6.09 Å². The number of carboxylic acid groups (broad SMARTS) is 1. The maximum Gasteiger partial charge on any atom is 0.407 e. The van der Waals surface area contributed by atoms with E-state index in [0.717, 1.165) is 54.4 Å². The highest BCUT2D eigenvalue weighted by atomic mass is 16.5. The number of hydrogen-bond acceptors (Lipinski definition) is 4. The summed E-state index contributed by atoms with van der Waals surface area (Å²) < 4.78 is 5.47. The first kappa shape index (κ1) is 18.5. The van der Waals surface area contributed by atoms with Crippen LogP contribution in [0.4, 0.5) is 4.79 Å². The third kappa shape index (κ3) is 3.61. The fourth-order valence-electron chi connectivity index (χ4n) is 4.60. The summed E-state index contributed by atoms with van der Waals surface area (Å²) in [6, 6.07) is 15.2. The summed E-state index contributed by atoms with van der Waals surface area (Å²) in [4.78, 5) is 23.9. The van der Waals surface area contributed by atoms with Crippen LogP contribution < -0.4 is 10.4 Å². The van der Waals surface area contributed by atoms with Gasteiger partial charge in [-0.15, -0.1) is 0 Å². The van der Waals surface area contributed by atoms with Crippen LogP contribution in [-0.4, -0.2) is 24.7 Å². The highest BCUT2D eigenvalue weighted by molar-refractivity contribution is 5.80. The summed E-state index contributed by atoms with van der Waals surface area (Å²) >= 11 is 0. The maximum atomic E-state index is 12.4. The Bertz CT molecular complexity index is 827. The Labute approximate surface area is 164 Å². The average molecular weight is 378 g/mol. The van der Waals surface area contributed by atoms with Gasteiger partial charge in [0.2, 0.25) is 0 Å². The number of aliphatic carboxylic acids is 1. The molecule has 2 aromatic carbocycles. The Morgan fingerprint density at radius 2 is 1.54 bits per heavy atom. The number of carbonyl (C=O) groups is 2. The number of ether oxygens (including phenoxy) is 1. The largest absolute Gasteiger partial charge is 0.548 e. The molecule has 1 N–H and O–H groups in total. The molecular weight excluding hydrogens is 354 g/mol. The van der Waals surface area contributed by atoms with Gasteiger partial charge in [-0.25, -0.2) is 4.79 Å². The second kappa shape index (κ2) is 8.05. The molecule has 4 rings (SSSR count). The smallest absolute Gasteiger partial charge is 0.407 e. The molecule has 0 aliphatic heterocycles. The van der Waals surface area contributed by atoms with Crippen molar-refractivity contribution < 1.29 is 19.4 Å². The fraction of sp³-hybridized carbons (Fsp3) is 0.391. The third-order valence-corrected chi connectivity index (χ3v) is 5.99. The number of carboxylic acids is 1. The molecule has 2 aromatic rings. The van der Waals surface area contributed by atoms with E-state index in [1.807, 2.05) is 36.4 Å². The van der Waals surface area contributed by atoms with E-state index in [1.54, 1.807) is 0 Å². The quantitative estimate of drug-likeness (QED) is 0.866. The minimum Gasteiger partial charge on any atom is -0.548 e. The van der Waals surface area contributed by atoms with Crippen LogP contribution in [0.5, 0.6) is 0 Å². The zero-order chi connectivity index (χ0) is 19.5. The molecule has 0 heterocycles. The average Bonchev–Trinajstić information content (AvgIpc) is 3.05. The molecule has 28 heavy (non-hydrogen) atoms. The predicted molar refractivity (Wildman–Crippen MR) is 104 cm³/mol. The van der Waals surface area contributed by atoms with Gasteiger partial charge in [-0.05, 0) is 41.0 Å². The fourth-order valence-corrected chi connectivity index (χ4v) is 4.60. The highest BCUT2D eigenvalue weighted by Gasteiger charge is 2.30. The van der Waals surface area contributed by atoms with Gasteiger partial charge in [0, 0.05) is 5.92 Å². The molecule has 0 spiro atoms. The first-order valence-electron chi connectivity index (χ1n) is 9.97. The van der Waals surface area contributed by atoms with E-state index in [4.69, 9.17) is 4.74 Å². The van der Waals surface area contributed by atoms with Crippen molar-refractivity contribution in [1.29, 1.82) is 0 Å². The minimum atomic E-state index is -1.24. The molecule has 1 fully saturated rings. The molecule has 0 radical (unpaired) electrons. The molecule has 0 aromatic heterocycles. The van der Waals surface area contributed by atoms with Crippen LogP contribution in [0.25, 0.3) is 11.1 Å². The van der Waals surface area contributed by atoms with E-state index in [9.17, 15) is 14.7 Å². The second-order valence-electron chi connectivity index (χ2n) is 7.66. The molecule has 1 saturated carbocycles. The van der Waals surface area contributed by atoms with Gasteiger partial charge in [0.05, 0.1) is 12.0 Å². The zero-order valence-corrected chi connectivity index (χ0v) is 15.7. The lowest BCUT2D eigenvalue weighted by molar-refractivity contribution is -0.309. The number of carbonyl (C=O) groups excluding carboxylic acids is 2. The topological polar surface area (TPSA) is 78.5 Å². The number of alkyl carbamates (subject to hydrolysis) is 1. The number of nitrogens with one attached hydrogen (secondary N) is 1. The van der Waals surface area contributed by atoms with E-state index in [1.165, 1.54) is 0 Å². The summed E-state index contributed by atoms with van der Waals surface area (Å²) in [6.07, 6.45) is 3.98. The van der Waals surface area contributed by atoms with Crippen molar-refractivity contribution in [2.45, 2.75) is 44.1 Å². The lowest BCUT2D eigenvalue weighted by atomic mass is 9.84. The number of rotatable bonds is 5. The Morgan fingerprint density at radius 3 is 2.11 bits per heavy atom. The van der Waals surface area contributed by atoms with Gasteiger partial charge in [-0.3, -0.25) is 0 Å². The molecular formula is C23H24NO4-. The number of fused-ring (bicyclic) bond motifs is 3. The zero-order valence-electron chi connectivity index (χ0n) is 15.7.